The molecule has 0 atom stereocenters. The van der Waals surface area contributed by atoms with Gasteiger partial charge in [-0.05, 0) is 60.0 Å². The second-order valence-electron chi connectivity index (χ2n) is 8.17. The monoisotopic (exact) mass is 431 g/mol. The number of nitrogens with zero attached hydrogens (tertiary/aromatic N) is 1. The predicted octanol–water partition coefficient (Wildman–Crippen LogP) is 7.06. The Morgan fingerprint density at radius 1 is 0.848 bits per heavy atom. The third kappa shape index (κ3) is 3.94. The molecule has 0 spiro atoms. The summed E-state index contributed by atoms with van der Waals surface area (Å²) in [6.45, 7) is 2.72. The predicted molar refractivity (Wildman–Crippen MR) is 134 cm³/mol. The van der Waals surface area contributed by atoms with Gasteiger partial charge in [-0.1, -0.05) is 66.7 Å². The third-order valence-electron chi connectivity index (χ3n) is 6.18. The topological polar surface area (TPSA) is 31.2 Å². The van der Waals surface area contributed by atoms with Crippen LogP contribution in [0, 0.1) is 0 Å². The van der Waals surface area contributed by atoms with Gasteiger partial charge in [0.05, 0.1) is 12.8 Å². The van der Waals surface area contributed by atoms with Crippen molar-refractivity contribution in [2.75, 3.05) is 7.11 Å². The molecule has 162 valence electrons. The summed E-state index contributed by atoms with van der Waals surface area (Å²) in [5.41, 5.74) is 7.96. The van der Waals surface area contributed by atoms with Crippen molar-refractivity contribution in [1.82, 2.24) is 4.57 Å². The number of carbonyl (C=O) groups excluding carboxylic acids is 1. The molecule has 0 N–H and O–H groups in total. The third-order valence-corrected chi connectivity index (χ3v) is 6.18. The number of fused-ring (bicyclic) bond motifs is 1. The van der Waals surface area contributed by atoms with E-state index >= 15 is 0 Å². The van der Waals surface area contributed by atoms with Gasteiger partial charge in [-0.15, -0.1) is 0 Å². The summed E-state index contributed by atoms with van der Waals surface area (Å²) in [5.74, 6) is 0.753. The second-order valence-corrected chi connectivity index (χ2v) is 8.17. The van der Waals surface area contributed by atoms with Gasteiger partial charge in [-0.25, -0.2) is 0 Å². The number of ketones is 1. The highest BCUT2D eigenvalue weighted by Gasteiger charge is 2.22. The first kappa shape index (κ1) is 20.8. The minimum absolute atomic E-state index is 0.0151. The van der Waals surface area contributed by atoms with Crippen LogP contribution in [0.1, 0.15) is 23.0 Å². The lowest BCUT2D eigenvalue weighted by Crippen LogP contribution is -2.04. The molecule has 0 saturated carbocycles. The summed E-state index contributed by atoms with van der Waals surface area (Å²) >= 11 is 0. The molecule has 0 aliphatic carbocycles. The summed E-state index contributed by atoms with van der Waals surface area (Å²) in [5, 5.41) is 0. The van der Waals surface area contributed by atoms with E-state index in [-0.39, 0.29) is 5.78 Å². The van der Waals surface area contributed by atoms with E-state index < -0.39 is 0 Å². The number of hydrogen-bond donors (Lipinski definition) is 0. The molecule has 0 bridgehead atoms. The Morgan fingerprint density at radius 2 is 1.48 bits per heavy atom. The summed E-state index contributed by atoms with van der Waals surface area (Å²) in [4.78, 5) is 13.5. The molecule has 3 nitrogen and oxygen atoms in total. The smallest absolute Gasteiger partial charge is 0.193 e. The van der Waals surface area contributed by atoms with E-state index in [1.165, 1.54) is 0 Å². The van der Waals surface area contributed by atoms with Crippen LogP contribution in [0.4, 0.5) is 0 Å². The summed E-state index contributed by atoms with van der Waals surface area (Å²) in [6, 6.07) is 30.3. The zero-order valence-corrected chi connectivity index (χ0v) is 18.8. The molecule has 5 rings (SSSR count). The van der Waals surface area contributed by atoms with Crippen molar-refractivity contribution in [1.29, 1.82) is 0 Å². The largest absolute Gasteiger partial charge is 0.497 e. The van der Waals surface area contributed by atoms with Gasteiger partial charge < -0.3 is 9.30 Å². The molecule has 3 aromatic carbocycles. The fourth-order valence-electron chi connectivity index (χ4n) is 4.34. The molecule has 0 fully saturated rings. The Balaban J connectivity index is 1.69. The van der Waals surface area contributed by atoms with Gasteiger partial charge in [-0.3, -0.25) is 4.79 Å². The minimum atomic E-state index is 0.0151. The molecular formula is C30H25NO2. The average Bonchev–Trinajstić information content (AvgIpc) is 3.15. The molecule has 0 amide bonds. The molecule has 2 heterocycles. The van der Waals surface area contributed by atoms with Gasteiger partial charge in [0.2, 0.25) is 0 Å². The highest BCUT2D eigenvalue weighted by molar-refractivity contribution is 6.14. The summed E-state index contributed by atoms with van der Waals surface area (Å²) in [6.07, 6.45) is 4.20. The van der Waals surface area contributed by atoms with Crippen molar-refractivity contribution in [2.45, 2.75) is 13.5 Å². The van der Waals surface area contributed by atoms with Gasteiger partial charge >= 0.3 is 0 Å². The number of benzene rings is 3. The SMILES string of the molecule is COc1ccc(C(=O)C2=Cc3c(-c4ccccc4)cc(-c4ccccc4)n3CC=C2C)cc1. The molecule has 1 aliphatic rings. The fourth-order valence-corrected chi connectivity index (χ4v) is 4.34. The Hall–Kier alpha value is -4.11. The number of aromatic nitrogens is 1. The number of rotatable bonds is 5. The second kappa shape index (κ2) is 8.79. The Kier molecular flexibility index (Phi) is 5.54. The van der Waals surface area contributed by atoms with E-state index in [1.54, 1.807) is 7.11 Å². The Morgan fingerprint density at radius 3 is 2.12 bits per heavy atom. The Bertz CT molecular complexity index is 1360. The molecular weight excluding hydrogens is 406 g/mol. The van der Waals surface area contributed by atoms with Crippen LogP contribution < -0.4 is 4.74 Å². The van der Waals surface area contributed by atoms with Crippen molar-refractivity contribution in [3.05, 3.63) is 119 Å². The van der Waals surface area contributed by atoms with Crippen LogP contribution in [0.3, 0.4) is 0 Å². The minimum Gasteiger partial charge on any atom is -0.497 e. The van der Waals surface area contributed by atoms with Crippen molar-refractivity contribution >= 4 is 11.9 Å². The number of allylic oxidation sites excluding steroid dienone is 3. The lowest BCUT2D eigenvalue weighted by atomic mass is 9.95. The van der Waals surface area contributed by atoms with Crippen molar-refractivity contribution < 1.29 is 9.53 Å². The zero-order valence-electron chi connectivity index (χ0n) is 18.8. The van der Waals surface area contributed by atoms with Gasteiger partial charge in [0, 0.05) is 28.9 Å². The number of Topliss-reactive ketones (excluding diaryl/α,β-unsaturated/α-hetero) is 1. The zero-order chi connectivity index (χ0) is 22.8. The van der Waals surface area contributed by atoms with E-state index in [9.17, 15) is 4.79 Å². The fraction of sp³-hybridized carbons (Fsp3) is 0.100. The van der Waals surface area contributed by atoms with Crippen LogP contribution in [0.15, 0.2) is 108 Å². The summed E-state index contributed by atoms with van der Waals surface area (Å²) in [7, 11) is 1.63. The first-order chi connectivity index (χ1) is 16.2. The van der Waals surface area contributed by atoms with Crippen LogP contribution in [-0.4, -0.2) is 17.5 Å². The molecule has 1 aromatic heterocycles. The average molecular weight is 432 g/mol. The van der Waals surface area contributed by atoms with E-state index in [0.29, 0.717) is 17.7 Å². The number of hydrogen-bond acceptors (Lipinski definition) is 2. The molecule has 0 radical (unpaired) electrons. The van der Waals surface area contributed by atoms with Gasteiger partial charge in [0.1, 0.15) is 5.75 Å². The molecule has 33 heavy (non-hydrogen) atoms. The van der Waals surface area contributed by atoms with Crippen LogP contribution in [0.2, 0.25) is 0 Å². The van der Waals surface area contributed by atoms with Crippen LogP contribution in [0.25, 0.3) is 28.5 Å². The summed E-state index contributed by atoms with van der Waals surface area (Å²) < 4.78 is 7.55. The van der Waals surface area contributed by atoms with Gasteiger partial charge in [-0.2, -0.15) is 0 Å². The quantitative estimate of drug-likeness (QED) is 0.317. The lowest BCUT2D eigenvalue weighted by molar-refractivity contribution is 0.103. The van der Waals surface area contributed by atoms with Crippen molar-refractivity contribution in [2.24, 2.45) is 0 Å². The van der Waals surface area contributed by atoms with Crippen molar-refractivity contribution in [3.8, 4) is 28.1 Å². The first-order valence-electron chi connectivity index (χ1n) is 11.1. The van der Waals surface area contributed by atoms with Crippen LogP contribution in [0.5, 0.6) is 5.75 Å². The maximum atomic E-state index is 13.5. The van der Waals surface area contributed by atoms with Gasteiger partial charge in [0.15, 0.2) is 5.78 Å². The molecule has 1 aliphatic heterocycles. The van der Waals surface area contributed by atoms with Gasteiger partial charge in [0.25, 0.3) is 0 Å². The highest BCUT2D eigenvalue weighted by Crippen LogP contribution is 2.37. The lowest BCUT2D eigenvalue weighted by Gasteiger charge is -2.10. The maximum absolute atomic E-state index is 13.5. The Labute approximate surface area is 194 Å². The van der Waals surface area contributed by atoms with Crippen LogP contribution in [-0.2, 0) is 6.54 Å². The molecule has 0 saturated heterocycles. The molecule has 3 heteroatoms. The molecule has 4 aromatic rings. The van der Waals surface area contributed by atoms with E-state index in [2.05, 4.69) is 71.3 Å². The standard InChI is InChI=1S/C30H25NO2/c1-21-17-18-31-28(23-11-7-4-8-12-23)20-27(22-9-5-3-6-10-22)29(31)19-26(21)30(32)24-13-15-25(33-2)16-14-24/h3-17,19-20H,18H2,1-2H3. The number of ether oxygens (including phenoxy) is 1. The molecule has 0 unspecified atom stereocenters. The van der Waals surface area contributed by atoms with Crippen molar-refractivity contribution in [3.63, 3.8) is 0 Å². The number of carbonyl (C=O) groups is 1. The van der Waals surface area contributed by atoms with Crippen LogP contribution >= 0.6 is 0 Å². The maximum Gasteiger partial charge on any atom is 0.193 e. The highest BCUT2D eigenvalue weighted by atomic mass is 16.5. The number of methoxy groups -OCH3 is 1. The first-order valence-corrected chi connectivity index (χ1v) is 11.1. The van der Waals surface area contributed by atoms with E-state index in [0.717, 1.165) is 39.4 Å². The van der Waals surface area contributed by atoms with E-state index in [4.69, 9.17) is 4.74 Å². The normalized spacial score (nSPS) is 12.9. The van der Waals surface area contributed by atoms with E-state index in [1.807, 2.05) is 43.3 Å².